The molecule has 2 unspecified atom stereocenters. The summed E-state index contributed by atoms with van der Waals surface area (Å²) in [7, 11) is 0. The summed E-state index contributed by atoms with van der Waals surface area (Å²) >= 11 is 1.34. The van der Waals surface area contributed by atoms with Crippen molar-refractivity contribution >= 4 is 39.9 Å². The van der Waals surface area contributed by atoms with E-state index in [1.165, 1.54) is 17.4 Å². The molecule has 9 heteroatoms. The number of likely N-dealkylation sites (tertiary alicyclic amines) is 1. The molecule has 1 fully saturated rings. The topological polar surface area (TPSA) is 59.2 Å². The Kier molecular flexibility index (Phi) is 6.52. The third-order valence-corrected chi connectivity index (χ3v) is 5.72. The summed E-state index contributed by atoms with van der Waals surface area (Å²) < 4.78 is 39.0. The average molecular weight is 408 g/mol. The van der Waals surface area contributed by atoms with Gasteiger partial charge in [0.15, 0.2) is 0 Å². The third-order valence-electron chi connectivity index (χ3n) is 4.63. The van der Waals surface area contributed by atoms with Gasteiger partial charge in [0.05, 0.1) is 20.8 Å². The first-order valence-corrected chi connectivity index (χ1v) is 9.05. The largest absolute Gasteiger partial charge is 0.416 e. The van der Waals surface area contributed by atoms with Crippen molar-refractivity contribution < 1.29 is 18.0 Å². The number of hydrogen-bond donors (Lipinski definition) is 1. The SMILES string of the molecule is CC1CC(CN)CN1C(=O)CCc1nc2cc(C(F)(F)F)ccc2s1.Cl. The Labute approximate surface area is 160 Å². The fourth-order valence-corrected chi connectivity index (χ4v) is 4.22. The van der Waals surface area contributed by atoms with Crippen molar-refractivity contribution in [2.75, 3.05) is 13.1 Å². The van der Waals surface area contributed by atoms with Gasteiger partial charge in [0, 0.05) is 25.4 Å². The first-order chi connectivity index (χ1) is 11.8. The molecule has 0 aliphatic carbocycles. The molecular formula is C17H21ClF3N3OS. The predicted molar refractivity (Wildman–Crippen MR) is 98.5 cm³/mol. The number of nitrogens with two attached hydrogens (primary N) is 1. The quantitative estimate of drug-likeness (QED) is 0.837. The molecule has 0 bridgehead atoms. The van der Waals surface area contributed by atoms with Gasteiger partial charge in [-0.25, -0.2) is 4.98 Å². The highest BCUT2D eigenvalue weighted by atomic mass is 35.5. The molecule has 1 amide bonds. The van der Waals surface area contributed by atoms with Crippen LogP contribution in [-0.2, 0) is 17.4 Å². The Morgan fingerprint density at radius 2 is 2.15 bits per heavy atom. The zero-order chi connectivity index (χ0) is 18.2. The first-order valence-electron chi connectivity index (χ1n) is 8.24. The second-order valence-electron chi connectivity index (χ2n) is 6.52. The van der Waals surface area contributed by atoms with Crippen molar-refractivity contribution in [1.82, 2.24) is 9.88 Å². The summed E-state index contributed by atoms with van der Waals surface area (Å²) in [6, 6.07) is 3.75. The number of amides is 1. The van der Waals surface area contributed by atoms with E-state index in [9.17, 15) is 18.0 Å². The van der Waals surface area contributed by atoms with Crippen molar-refractivity contribution in [3.05, 3.63) is 28.8 Å². The Bertz CT molecular complexity index is 780. The number of carbonyl (C=O) groups excluding carboxylic acids is 1. The van der Waals surface area contributed by atoms with Gasteiger partial charge in [0.2, 0.25) is 5.91 Å². The van der Waals surface area contributed by atoms with E-state index in [2.05, 4.69) is 4.98 Å². The minimum Gasteiger partial charge on any atom is -0.340 e. The standard InChI is InChI=1S/C17H20F3N3OS.ClH/c1-10-6-11(8-21)9-23(10)16(24)5-4-15-22-13-7-12(17(18,19)20)2-3-14(13)25-15;/h2-3,7,10-11H,4-6,8-9,21H2,1H3;1H. The molecule has 1 aromatic carbocycles. The third kappa shape index (κ3) is 4.47. The van der Waals surface area contributed by atoms with E-state index in [4.69, 9.17) is 5.73 Å². The molecule has 3 rings (SSSR count). The lowest BCUT2D eigenvalue weighted by Crippen LogP contribution is -2.34. The molecule has 2 aromatic rings. The Morgan fingerprint density at radius 1 is 1.42 bits per heavy atom. The van der Waals surface area contributed by atoms with Crippen LogP contribution in [0.15, 0.2) is 18.2 Å². The molecule has 4 nitrogen and oxygen atoms in total. The highest BCUT2D eigenvalue weighted by molar-refractivity contribution is 7.18. The molecule has 1 aliphatic rings. The summed E-state index contributed by atoms with van der Waals surface area (Å²) in [5.41, 5.74) is 5.31. The zero-order valence-electron chi connectivity index (χ0n) is 14.3. The van der Waals surface area contributed by atoms with Gasteiger partial charge in [-0.3, -0.25) is 4.79 Å². The molecule has 144 valence electrons. The monoisotopic (exact) mass is 407 g/mol. The van der Waals surface area contributed by atoms with Gasteiger partial charge in [-0.1, -0.05) is 0 Å². The number of rotatable bonds is 4. The van der Waals surface area contributed by atoms with Crippen molar-refractivity contribution in [2.24, 2.45) is 11.7 Å². The molecule has 2 N–H and O–H groups in total. The molecule has 0 saturated carbocycles. The number of fused-ring (bicyclic) bond motifs is 1. The second-order valence-corrected chi connectivity index (χ2v) is 7.64. The van der Waals surface area contributed by atoms with E-state index in [0.717, 1.165) is 18.6 Å². The molecular weight excluding hydrogens is 387 g/mol. The summed E-state index contributed by atoms with van der Waals surface area (Å²) in [5, 5.41) is 0.685. The minimum atomic E-state index is -4.38. The van der Waals surface area contributed by atoms with E-state index in [1.807, 2.05) is 11.8 Å². The lowest BCUT2D eigenvalue weighted by atomic mass is 10.1. The van der Waals surface area contributed by atoms with Crippen LogP contribution >= 0.6 is 23.7 Å². The molecule has 1 saturated heterocycles. The first kappa shape index (κ1) is 20.9. The minimum absolute atomic E-state index is 0. The average Bonchev–Trinajstić information content (AvgIpc) is 3.13. The number of halogens is 4. The van der Waals surface area contributed by atoms with Crippen molar-refractivity contribution in [1.29, 1.82) is 0 Å². The Hall–Kier alpha value is -1.38. The number of benzene rings is 1. The van der Waals surface area contributed by atoms with Gasteiger partial charge in [-0.05, 0) is 44.0 Å². The van der Waals surface area contributed by atoms with Crippen LogP contribution in [0.1, 0.15) is 30.3 Å². The molecule has 2 atom stereocenters. The summed E-state index contributed by atoms with van der Waals surface area (Å²) in [5.74, 6) is 0.404. The summed E-state index contributed by atoms with van der Waals surface area (Å²) in [6.07, 6.45) is -2.70. The lowest BCUT2D eigenvalue weighted by molar-refractivity contribution is -0.137. The van der Waals surface area contributed by atoms with Crippen molar-refractivity contribution in [3.8, 4) is 0 Å². The van der Waals surface area contributed by atoms with Crippen LogP contribution in [0.4, 0.5) is 13.2 Å². The molecule has 2 heterocycles. The van der Waals surface area contributed by atoms with Gasteiger partial charge in [0.25, 0.3) is 0 Å². The molecule has 0 radical (unpaired) electrons. The highest BCUT2D eigenvalue weighted by Gasteiger charge is 2.32. The van der Waals surface area contributed by atoms with Crippen LogP contribution in [0, 0.1) is 5.92 Å². The molecule has 1 aromatic heterocycles. The lowest BCUT2D eigenvalue weighted by Gasteiger charge is -2.21. The smallest absolute Gasteiger partial charge is 0.340 e. The number of carbonyl (C=O) groups is 1. The summed E-state index contributed by atoms with van der Waals surface area (Å²) in [4.78, 5) is 18.5. The zero-order valence-corrected chi connectivity index (χ0v) is 15.9. The van der Waals surface area contributed by atoms with Crippen LogP contribution in [0.25, 0.3) is 10.2 Å². The maximum atomic E-state index is 12.8. The fourth-order valence-electron chi connectivity index (χ4n) is 3.28. The Morgan fingerprint density at radius 3 is 2.77 bits per heavy atom. The van der Waals surface area contributed by atoms with Gasteiger partial charge in [-0.15, -0.1) is 23.7 Å². The molecule has 1 aliphatic heterocycles. The van der Waals surface area contributed by atoms with Gasteiger partial charge in [-0.2, -0.15) is 13.2 Å². The van der Waals surface area contributed by atoms with E-state index in [0.29, 0.717) is 47.1 Å². The van der Waals surface area contributed by atoms with E-state index >= 15 is 0 Å². The second kappa shape index (κ2) is 8.10. The summed E-state index contributed by atoms with van der Waals surface area (Å²) in [6.45, 7) is 3.28. The van der Waals surface area contributed by atoms with E-state index < -0.39 is 11.7 Å². The van der Waals surface area contributed by atoms with Crippen LogP contribution in [-0.4, -0.2) is 34.9 Å². The van der Waals surface area contributed by atoms with Crippen LogP contribution < -0.4 is 5.73 Å². The van der Waals surface area contributed by atoms with Gasteiger partial charge < -0.3 is 10.6 Å². The van der Waals surface area contributed by atoms with E-state index in [-0.39, 0.29) is 24.4 Å². The number of hydrogen-bond acceptors (Lipinski definition) is 4. The number of alkyl halides is 3. The van der Waals surface area contributed by atoms with Crippen LogP contribution in [0.5, 0.6) is 0 Å². The number of aryl methyl sites for hydroxylation is 1. The number of thiazole rings is 1. The maximum Gasteiger partial charge on any atom is 0.416 e. The number of aromatic nitrogens is 1. The fraction of sp³-hybridized carbons (Fsp3) is 0.529. The van der Waals surface area contributed by atoms with Crippen LogP contribution in [0.2, 0.25) is 0 Å². The predicted octanol–water partition coefficient (Wildman–Crippen LogP) is 3.87. The van der Waals surface area contributed by atoms with Crippen molar-refractivity contribution in [3.63, 3.8) is 0 Å². The number of nitrogens with zero attached hydrogens (tertiary/aromatic N) is 2. The highest BCUT2D eigenvalue weighted by Crippen LogP contribution is 2.33. The van der Waals surface area contributed by atoms with Crippen LogP contribution in [0.3, 0.4) is 0 Å². The molecule has 26 heavy (non-hydrogen) atoms. The van der Waals surface area contributed by atoms with E-state index in [1.54, 1.807) is 0 Å². The van der Waals surface area contributed by atoms with Gasteiger partial charge in [0.1, 0.15) is 0 Å². The molecule has 0 spiro atoms. The van der Waals surface area contributed by atoms with Gasteiger partial charge >= 0.3 is 6.18 Å². The maximum absolute atomic E-state index is 12.8. The van der Waals surface area contributed by atoms with Crippen molar-refractivity contribution in [2.45, 2.75) is 38.4 Å². The normalized spacial score (nSPS) is 20.4. The Balaban J connectivity index is 0.00000243.